The summed E-state index contributed by atoms with van der Waals surface area (Å²) in [5, 5.41) is 0.254. The van der Waals surface area contributed by atoms with Crippen LogP contribution < -0.4 is 0 Å². The van der Waals surface area contributed by atoms with Crippen LogP contribution in [0.15, 0.2) is 0 Å². The molecule has 1 heterocycles. The molecule has 0 aromatic heterocycles. The smallest absolute Gasteiger partial charge is 0.228 e. The van der Waals surface area contributed by atoms with Crippen molar-refractivity contribution in [2.45, 2.75) is 63.8 Å². The van der Waals surface area contributed by atoms with Crippen molar-refractivity contribution in [2.75, 3.05) is 6.61 Å². The molecule has 1 amide bonds. The fourth-order valence-corrected chi connectivity index (χ4v) is 4.09. The van der Waals surface area contributed by atoms with Crippen LogP contribution in [0.4, 0.5) is 0 Å². The van der Waals surface area contributed by atoms with Crippen molar-refractivity contribution in [2.24, 2.45) is 11.8 Å². The van der Waals surface area contributed by atoms with Gasteiger partial charge >= 0.3 is 0 Å². The van der Waals surface area contributed by atoms with Crippen LogP contribution in [0.25, 0.3) is 0 Å². The third kappa shape index (κ3) is 2.55. The molecule has 1 saturated heterocycles. The van der Waals surface area contributed by atoms with Crippen molar-refractivity contribution in [1.82, 2.24) is 4.90 Å². The number of hydrogen-bond donors (Lipinski definition) is 0. The number of amides is 1. The topological polar surface area (TPSA) is 29.5 Å². The van der Waals surface area contributed by atoms with Gasteiger partial charge in [0.1, 0.15) is 6.23 Å². The molecule has 1 aliphatic carbocycles. The highest BCUT2D eigenvalue weighted by Crippen LogP contribution is 2.49. The van der Waals surface area contributed by atoms with Gasteiger partial charge in [-0.25, -0.2) is 0 Å². The minimum Gasteiger partial charge on any atom is -0.357 e. The Kier molecular flexibility index (Phi) is 3.98. The molecular weight excluding hydrogens is 246 g/mol. The van der Waals surface area contributed by atoms with Crippen molar-refractivity contribution in [3.05, 3.63) is 0 Å². The second-order valence-corrected chi connectivity index (χ2v) is 7.95. The molecule has 0 aromatic carbocycles. The average Bonchev–Trinajstić information content (AvgIpc) is 3.06. The summed E-state index contributed by atoms with van der Waals surface area (Å²) < 4.78 is 5.88. The lowest BCUT2D eigenvalue weighted by Crippen LogP contribution is -2.49. The van der Waals surface area contributed by atoms with Gasteiger partial charge < -0.3 is 9.64 Å². The van der Waals surface area contributed by atoms with Crippen LogP contribution in [0, 0.1) is 11.8 Å². The SMILES string of the molecule is CCOC1N(C(=O)C2CC2)C(C(C)C)SC1(C)C. The van der Waals surface area contributed by atoms with Crippen LogP contribution in [-0.4, -0.2) is 33.8 Å². The van der Waals surface area contributed by atoms with Crippen LogP contribution in [0.5, 0.6) is 0 Å². The molecule has 2 rings (SSSR count). The Morgan fingerprint density at radius 2 is 2.06 bits per heavy atom. The summed E-state index contributed by atoms with van der Waals surface area (Å²) in [5.41, 5.74) is 0. The summed E-state index contributed by atoms with van der Waals surface area (Å²) in [6.07, 6.45) is 2.04. The lowest BCUT2D eigenvalue weighted by molar-refractivity contribution is -0.150. The van der Waals surface area contributed by atoms with Crippen molar-refractivity contribution in [3.8, 4) is 0 Å². The van der Waals surface area contributed by atoms with Gasteiger partial charge in [0, 0.05) is 12.5 Å². The number of carbonyl (C=O) groups is 1. The summed E-state index contributed by atoms with van der Waals surface area (Å²) in [6, 6.07) is 0. The van der Waals surface area contributed by atoms with Gasteiger partial charge in [-0.05, 0) is 39.5 Å². The second kappa shape index (κ2) is 5.04. The Balaban J connectivity index is 2.24. The molecule has 0 aromatic rings. The normalized spacial score (nSPS) is 31.1. The van der Waals surface area contributed by atoms with Gasteiger partial charge in [0.2, 0.25) is 5.91 Å². The van der Waals surface area contributed by atoms with E-state index in [1.165, 1.54) is 0 Å². The first kappa shape index (κ1) is 14.2. The fraction of sp³-hybridized carbons (Fsp3) is 0.929. The van der Waals surface area contributed by atoms with Crippen LogP contribution in [-0.2, 0) is 9.53 Å². The standard InChI is InChI=1S/C14H25NO2S/c1-6-17-13-14(4,5)18-12(9(2)3)15(13)11(16)10-7-8-10/h9-10,12-13H,6-8H2,1-5H3. The highest BCUT2D eigenvalue weighted by molar-refractivity contribution is 8.01. The van der Waals surface area contributed by atoms with E-state index in [0.29, 0.717) is 18.4 Å². The largest absolute Gasteiger partial charge is 0.357 e. The van der Waals surface area contributed by atoms with E-state index in [-0.39, 0.29) is 22.3 Å². The minimum absolute atomic E-state index is 0.0184. The maximum Gasteiger partial charge on any atom is 0.228 e. The van der Waals surface area contributed by atoms with E-state index in [4.69, 9.17) is 4.74 Å². The molecule has 0 radical (unpaired) electrons. The number of ether oxygens (including phenoxy) is 1. The van der Waals surface area contributed by atoms with Gasteiger partial charge in [-0.15, -0.1) is 11.8 Å². The molecule has 104 valence electrons. The summed E-state index contributed by atoms with van der Waals surface area (Å²) >= 11 is 1.89. The first-order chi connectivity index (χ1) is 8.38. The lowest BCUT2D eigenvalue weighted by Gasteiger charge is -2.33. The van der Waals surface area contributed by atoms with Crippen molar-refractivity contribution < 1.29 is 9.53 Å². The predicted octanol–water partition coefficient (Wildman–Crippen LogP) is 3.10. The molecule has 1 aliphatic heterocycles. The Labute approximate surface area is 115 Å². The minimum atomic E-state index is -0.0759. The van der Waals surface area contributed by atoms with Crippen LogP contribution in [0.2, 0.25) is 0 Å². The monoisotopic (exact) mass is 271 g/mol. The van der Waals surface area contributed by atoms with Crippen LogP contribution >= 0.6 is 11.8 Å². The maximum atomic E-state index is 12.5. The third-order valence-corrected chi connectivity index (χ3v) is 5.44. The van der Waals surface area contributed by atoms with E-state index < -0.39 is 0 Å². The van der Waals surface area contributed by atoms with Gasteiger partial charge in [0.05, 0.1) is 10.1 Å². The van der Waals surface area contributed by atoms with E-state index in [9.17, 15) is 4.79 Å². The zero-order valence-corrected chi connectivity index (χ0v) is 12.9. The van der Waals surface area contributed by atoms with E-state index in [1.807, 2.05) is 23.6 Å². The zero-order chi connectivity index (χ0) is 13.5. The highest BCUT2D eigenvalue weighted by atomic mass is 32.2. The molecule has 0 spiro atoms. The number of thioether (sulfide) groups is 1. The highest BCUT2D eigenvalue weighted by Gasteiger charge is 2.53. The van der Waals surface area contributed by atoms with Gasteiger partial charge in [0.15, 0.2) is 0 Å². The summed E-state index contributed by atoms with van der Waals surface area (Å²) in [4.78, 5) is 14.6. The molecule has 18 heavy (non-hydrogen) atoms. The molecule has 2 fully saturated rings. The Morgan fingerprint density at radius 3 is 2.50 bits per heavy atom. The van der Waals surface area contributed by atoms with E-state index in [0.717, 1.165) is 12.8 Å². The van der Waals surface area contributed by atoms with Gasteiger partial charge in [0.25, 0.3) is 0 Å². The molecule has 1 saturated carbocycles. The molecule has 0 N–H and O–H groups in total. The van der Waals surface area contributed by atoms with Crippen LogP contribution in [0.1, 0.15) is 47.5 Å². The zero-order valence-electron chi connectivity index (χ0n) is 12.1. The van der Waals surface area contributed by atoms with Crippen molar-refractivity contribution >= 4 is 17.7 Å². The van der Waals surface area contributed by atoms with Gasteiger partial charge in [-0.3, -0.25) is 4.79 Å². The maximum absolute atomic E-state index is 12.5. The number of nitrogens with zero attached hydrogens (tertiary/aromatic N) is 1. The first-order valence-electron chi connectivity index (χ1n) is 7.00. The molecular formula is C14H25NO2S. The second-order valence-electron chi connectivity index (χ2n) is 6.18. The molecule has 0 bridgehead atoms. The average molecular weight is 271 g/mol. The van der Waals surface area contributed by atoms with Gasteiger partial charge in [-0.2, -0.15) is 0 Å². The van der Waals surface area contributed by atoms with Crippen molar-refractivity contribution in [3.63, 3.8) is 0 Å². The molecule has 3 nitrogen and oxygen atoms in total. The summed E-state index contributed by atoms with van der Waals surface area (Å²) in [7, 11) is 0. The molecule has 2 unspecified atom stereocenters. The number of hydrogen-bond acceptors (Lipinski definition) is 3. The third-order valence-electron chi connectivity index (χ3n) is 3.62. The first-order valence-corrected chi connectivity index (χ1v) is 7.88. The quantitative estimate of drug-likeness (QED) is 0.787. The fourth-order valence-electron chi connectivity index (χ4n) is 2.57. The Hall–Kier alpha value is -0.220. The summed E-state index contributed by atoms with van der Waals surface area (Å²) in [5.74, 6) is 1.04. The van der Waals surface area contributed by atoms with E-state index in [2.05, 4.69) is 27.7 Å². The van der Waals surface area contributed by atoms with E-state index in [1.54, 1.807) is 0 Å². The molecule has 4 heteroatoms. The predicted molar refractivity (Wildman–Crippen MR) is 75.3 cm³/mol. The van der Waals surface area contributed by atoms with Gasteiger partial charge in [-0.1, -0.05) is 13.8 Å². The van der Waals surface area contributed by atoms with Crippen LogP contribution in [0.3, 0.4) is 0 Å². The molecule has 2 aliphatic rings. The Bertz CT molecular complexity index is 326. The molecule has 2 atom stereocenters. The number of rotatable bonds is 4. The van der Waals surface area contributed by atoms with E-state index >= 15 is 0 Å². The Morgan fingerprint density at radius 1 is 1.44 bits per heavy atom. The summed E-state index contributed by atoms with van der Waals surface area (Å²) in [6.45, 7) is 11.4. The number of carbonyl (C=O) groups excluding carboxylic acids is 1. The lowest BCUT2D eigenvalue weighted by atomic mass is 10.1. The van der Waals surface area contributed by atoms with Crippen molar-refractivity contribution in [1.29, 1.82) is 0 Å².